The van der Waals surface area contributed by atoms with Crippen molar-refractivity contribution < 1.29 is 9.84 Å². The highest BCUT2D eigenvalue weighted by molar-refractivity contribution is 5.28. The first-order chi connectivity index (χ1) is 14.0. The summed E-state index contributed by atoms with van der Waals surface area (Å²) in [5.74, 6) is 1.78. The van der Waals surface area contributed by atoms with Gasteiger partial charge >= 0.3 is 0 Å². The van der Waals surface area contributed by atoms with Crippen LogP contribution in [0.25, 0.3) is 0 Å². The lowest BCUT2D eigenvalue weighted by atomic mass is 9.94. The lowest BCUT2D eigenvalue weighted by Gasteiger charge is -2.32. The minimum atomic E-state index is -0.476. The zero-order valence-electron chi connectivity index (χ0n) is 18.1. The van der Waals surface area contributed by atoms with E-state index >= 15 is 0 Å². The Bertz CT molecular complexity index is 742. The molecule has 0 amide bonds. The third kappa shape index (κ3) is 7.14. The van der Waals surface area contributed by atoms with Crippen LogP contribution in [-0.4, -0.2) is 64.3 Å². The Morgan fingerprint density at radius 2 is 2.00 bits per heavy atom. The van der Waals surface area contributed by atoms with Gasteiger partial charge in [-0.05, 0) is 51.6 Å². The molecule has 0 spiro atoms. The zero-order valence-corrected chi connectivity index (χ0v) is 18.1. The van der Waals surface area contributed by atoms with E-state index in [9.17, 15) is 5.11 Å². The fraction of sp³-hybridized carbons (Fsp3) is 0.609. The average molecular weight is 401 g/mol. The van der Waals surface area contributed by atoms with Gasteiger partial charge in [0.05, 0.1) is 6.54 Å². The Hall–Kier alpha value is -1.89. The molecule has 160 valence electrons. The zero-order chi connectivity index (χ0) is 20.6. The van der Waals surface area contributed by atoms with Crippen molar-refractivity contribution in [2.75, 3.05) is 27.2 Å². The Balaban J connectivity index is 1.43. The van der Waals surface area contributed by atoms with E-state index in [1.165, 1.54) is 37.7 Å². The Kier molecular flexibility index (Phi) is 8.09. The number of nitrogens with one attached hydrogen (secondary N) is 1. The van der Waals surface area contributed by atoms with Crippen molar-refractivity contribution in [2.45, 2.75) is 64.3 Å². The van der Waals surface area contributed by atoms with Crippen LogP contribution >= 0.6 is 0 Å². The van der Waals surface area contributed by atoms with Gasteiger partial charge in [0.15, 0.2) is 0 Å². The molecule has 29 heavy (non-hydrogen) atoms. The number of aliphatic hydroxyl groups is 1. The molecule has 1 heterocycles. The molecular formula is C23H36N4O2. The van der Waals surface area contributed by atoms with Gasteiger partial charge in [-0.1, -0.05) is 31.4 Å². The molecule has 1 aliphatic rings. The van der Waals surface area contributed by atoms with Gasteiger partial charge in [-0.25, -0.2) is 4.98 Å². The van der Waals surface area contributed by atoms with Gasteiger partial charge in [0.1, 0.15) is 24.3 Å². The highest BCUT2D eigenvalue weighted by Gasteiger charge is 2.20. The minimum Gasteiger partial charge on any atom is -0.491 e. The molecule has 6 nitrogen and oxygen atoms in total. The number of hydrogen-bond acceptors (Lipinski definition) is 5. The smallest absolute Gasteiger partial charge is 0.120 e. The lowest BCUT2D eigenvalue weighted by Crippen LogP contribution is -2.40. The normalized spacial score (nSPS) is 16.5. The molecule has 0 bridgehead atoms. The summed E-state index contributed by atoms with van der Waals surface area (Å²) >= 11 is 0. The van der Waals surface area contributed by atoms with E-state index in [1.807, 2.05) is 25.3 Å². The first kappa shape index (κ1) is 21.8. The first-order valence-corrected chi connectivity index (χ1v) is 10.8. The molecule has 1 atom stereocenters. The monoisotopic (exact) mass is 400 g/mol. The molecule has 2 aromatic rings. The second-order valence-corrected chi connectivity index (χ2v) is 8.53. The van der Waals surface area contributed by atoms with Gasteiger partial charge in [0.2, 0.25) is 0 Å². The van der Waals surface area contributed by atoms with E-state index < -0.39 is 6.10 Å². The SMILES string of the molecule is Cc1cnc(CN(C)Cc2cccc(OCC(O)CN(C)C3CCCCC3)c2)[nH]1. The number of aromatic nitrogens is 2. The van der Waals surface area contributed by atoms with Crippen LogP contribution in [0.1, 0.15) is 49.2 Å². The number of aliphatic hydroxyl groups excluding tert-OH is 1. The van der Waals surface area contributed by atoms with Crippen molar-refractivity contribution in [3.63, 3.8) is 0 Å². The molecule has 1 saturated carbocycles. The maximum absolute atomic E-state index is 10.4. The van der Waals surface area contributed by atoms with Gasteiger partial charge < -0.3 is 19.7 Å². The number of benzene rings is 1. The Morgan fingerprint density at radius 1 is 1.21 bits per heavy atom. The van der Waals surface area contributed by atoms with Crippen molar-refractivity contribution >= 4 is 0 Å². The molecule has 0 saturated heterocycles. The van der Waals surface area contributed by atoms with E-state index in [0.717, 1.165) is 30.4 Å². The van der Waals surface area contributed by atoms with Crippen LogP contribution in [0.2, 0.25) is 0 Å². The van der Waals surface area contributed by atoms with Gasteiger partial charge in [-0.2, -0.15) is 0 Å². The number of likely N-dealkylation sites (N-methyl/N-ethyl adjacent to an activating group) is 1. The summed E-state index contributed by atoms with van der Waals surface area (Å²) in [6.07, 6.45) is 7.84. The molecule has 6 heteroatoms. The number of H-pyrrole nitrogens is 1. The number of aromatic amines is 1. The van der Waals surface area contributed by atoms with Crippen LogP contribution in [-0.2, 0) is 13.1 Å². The van der Waals surface area contributed by atoms with Gasteiger partial charge in [0.25, 0.3) is 0 Å². The summed E-state index contributed by atoms with van der Waals surface area (Å²) in [6, 6.07) is 8.73. The van der Waals surface area contributed by atoms with Crippen molar-refractivity contribution in [2.24, 2.45) is 0 Å². The van der Waals surface area contributed by atoms with Crippen molar-refractivity contribution in [1.29, 1.82) is 0 Å². The summed E-state index contributed by atoms with van der Waals surface area (Å²) in [7, 11) is 4.20. The van der Waals surface area contributed by atoms with Gasteiger partial charge in [0, 0.05) is 31.0 Å². The fourth-order valence-corrected chi connectivity index (χ4v) is 4.15. The van der Waals surface area contributed by atoms with Crippen LogP contribution < -0.4 is 4.74 Å². The molecule has 1 fully saturated rings. The molecule has 1 aliphatic carbocycles. The van der Waals surface area contributed by atoms with E-state index in [2.05, 4.69) is 46.0 Å². The minimum absolute atomic E-state index is 0.321. The second-order valence-electron chi connectivity index (χ2n) is 8.53. The summed E-state index contributed by atoms with van der Waals surface area (Å²) in [6.45, 7) is 4.57. The number of nitrogens with zero attached hydrogens (tertiary/aromatic N) is 3. The van der Waals surface area contributed by atoms with Crippen LogP contribution in [0.15, 0.2) is 30.5 Å². The average Bonchev–Trinajstić information content (AvgIpc) is 3.11. The quantitative estimate of drug-likeness (QED) is 0.640. The number of hydrogen-bond donors (Lipinski definition) is 2. The van der Waals surface area contributed by atoms with Crippen LogP contribution in [0.4, 0.5) is 0 Å². The second kappa shape index (κ2) is 10.8. The van der Waals surface area contributed by atoms with Crippen molar-refractivity contribution in [1.82, 2.24) is 19.8 Å². The van der Waals surface area contributed by atoms with Crippen molar-refractivity contribution in [3.05, 3.63) is 47.5 Å². The maximum Gasteiger partial charge on any atom is 0.120 e. The summed E-state index contributed by atoms with van der Waals surface area (Å²) in [4.78, 5) is 12.1. The van der Waals surface area contributed by atoms with E-state index in [4.69, 9.17) is 4.74 Å². The van der Waals surface area contributed by atoms with E-state index in [-0.39, 0.29) is 0 Å². The van der Waals surface area contributed by atoms with Gasteiger partial charge in [-0.15, -0.1) is 0 Å². The number of imidazole rings is 1. The molecule has 1 unspecified atom stereocenters. The summed E-state index contributed by atoms with van der Waals surface area (Å²) < 4.78 is 5.89. The summed E-state index contributed by atoms with van der Waals surface area (Å²) in [5.41, 5.74) is 2.26. The van der Waals surface area contributed by atoms with Crippen LogP contribution in [0.3, 0.4) is 0 Å². The highest BCUT2D eigenvalue weighted by Crippen LogP contribution is 2.22. The van der Waals surface area contributed by atoms with E-state index in [0.29, 0.717) is 19.2 Å². The third-order valence-electron chi connectivity index (χ3n) is 5.67. The topological polar surface area (TPSA) is 64.6 Å². The maximum atomic E-state index is 10.4. The largest absolute Gasteiger partial charge is 0.491 e. The summed E-state index contributed by atoms with van der Waals surface area (Å²) in [5, 5.41) is 10.4. The number of rotatable bonds is 10. The number of aryl methyl sites for hydroxylation is 1. The molecule has 2 N–H and O–H groups in total. The lowest BCUT2D eigenvalue weighted by molar-refractivity contribution is 0.0561. The standard InChI is InChI=1S/C23H36N4O2/c1-18-13-24-23(25-18)16-26(2)14-19-8-7-11-22(12-19)29-17-21(28)15-27(3)20-9-5-4-6-10-20/h7-8,11-13,20-21,28H,4-6,9-10,14-17H2,1-3H3,(H,24,25). The van der Waals surface area contributed by atoms with Crippen molar-refractivity contribution in [3.8, 4) is 5.75 Å². The fourth-order valence-electron chi connectivity index (χ4n) is 4.15. The Labute approximate surface area is 174 Å². The van der Waals surface area contributed by atoms with Crippen LogP contribution in [0, 0.1) is 6.92 Å². The molecule has 1 aromatic heterocycles. The molecule has 0 aliphatic heterocycles. The molecule has 1 aromatic carbocycles. The third-order valence-corrected chi connectivity index (χ3v) is 5.67. The Morgan fingerprint density at radius 3 is 2.72 bits per heavy atom. The highest BCUT2D eigenvalue weighted by atomic mass is 16.5. The number of ether oxygens (including phenoxy) is 1. The molecule has 0 radical (unpaired) electrons. The van der Waals surface area contributed by atoms with E-state index in [1.54, 1.807) is 0 Å². The predicted molar refractivity (Wildman–Crippen MR) is 116 cm³/mol. The molecule has 3 rings (SSSR count). The predicted octanol–water partition coefficient (Wildman–Crippen LogP) is 3.35. The van der Waals surface area contributed by atoms with Crippen LogP contribution in [0.5, 0.6) is 5.75 Å². The molecular weight excluding hydrogens is 364 g/mol. The van der Waals surface area contributed by atoms with Gasteiger partial charge in [-0.3, -0.25) is 4.90 Å². The first-order valence-electron chi connectivity index (χ1n) is 10.8.